The number of aryl methyl sites for hydroxylation is 1. The zero-order valence-corrected chi connectivity index (χ0v) is 15.5. The summed E-state index contributed by atoms with van der Waals surface area (Å²) in [6.07, 6.45) is 7.83. The van der Waals surface area contributed by atoms with Crippen molar-refractivity contribution in [1.29, 1.82) is 0 Å². The van der Waals surface area contributed by atoms with Crippen LogP contribution in [0.4, 0.5) is 0 Å². The molecule has 0 radical (unpaired) electrons. The smallest absolute Gasteiger partial charge is 0.261 e. The first-order chi connectivity index (χ1) is 13.3. The summed E-state index contributed by atoms with van der Waals surface area (Å²) in [5.74, 6) is 2.47. The third kappa shape index (κ3) is 2.94. The van der Waals surface area contributed by atoms with E-state index in [1.165, 1.54) is 18.4 Å². The number of aromatic nitrogens is 4. The Hall–Kier alpha value is -2.60. The van der Waals surface area contributed by atoms with Crippen LogP contribution in [0.15, 0.2) is 47.2 Å². The van der Waals surface area contributed by atoms with Gasteiger partial charge in [0.05, 0.1) is 5.56 Å². The molecule has 6 heteroatoms. The molecule has 0 aliphatic carbocycles. The standard InChI is InChI=1S/C21H23N5O/c1-2-19-22-12-15(13-23-19)21-24-20(25-27-21)16-11-18(14-7-4-3-5-8-14)26-10-6-9-17(16)26/h3-5,7-8,12-13,16-18H,2,6,9-11H2,1H3/t16-,17+,18-/m1/s1. The topological polar surface area (TPSA) is 67.9 Å². The van der Waals surface area contributed by atoms with Gasteiger partial charge in [0.15, 0.2) is 5.82 Å². The minimum absolute atomic E-state index is 0.311. The molecule has 0 bridgehead atoms. The average Bonchev–Trinajstić information content (AvgIpc) is 3.45. The highest BCUT2D eigenvalue weighted by atomic mass is 16.5. The number of fused-ring (bicyclic) bond motifs is 1. The predicted molar refractivity (Wildman–Crippen MR) is 101 cm³/mol. The fraction of sp³-hybridized carbons (Fsp3) is 0.429. The van der Waals surface area contributed by atoms with E-state index < -0.39 is 0 Å². The van der Waals surface area contributed by atoms with Gasteiger partial charge in [-0.25, -0.2) is 9.97 Å². The lowest BCUT2D eigenvalue weighted by molar-refractivity contribution is 0.243. The Bertz CT molecular complexity index is 908. The molecular weight excluding hydrogens is 338 g/mol. The Balaban J connectivity index is 1.42. The highest BCUT2D eigenvalue weighted by molar-refractivity contribution is 5.49. The molecule has 3 aromatic rings. The molecule has 0 N–H and O–H groups in total. The molecule has 0 amide bonds. The van der Waals surface area contributed by atoms with Crippen molar-refractivity contribution in [1.82, 2.24) is 25.0 Å². The zero-order chi connectivity index (χ0) is 18.2. The van der Waals surface area contributed by atoms with Crippen LogP contribution in [0.1, 0.15) is 55.4 Å². The van der Waals surface area contributed by atoms with E-state index in [0.29, 0.717) is 23.9 Å². The third-order valence-corrected chi connectivity index (χ3v) is 5.91. The van der Waals surface area contributed by atoms with Crippen molar-refractivity contribution >= 4 is 0 Å². The molecule has 4 heterocycles. The number of hydrogen-bond donors (Lipinski definition) is 0. The number of benzene rings is 1. The van der Waals surface area contributed by atoms with E-state index in [1.54, 1.807) is 12.4 Å². The van der Waals surface area contributed by atoms with Crippen LogP contribution in [-0.2, 0) is 6.42 Å². The van der Waals surface area contributed by atoms with Gasteiger partial charge in [-0.05, 0) is 31.4 Å². The Labute approximate surface area is 158 Å². The van der Waals surface area contributed by atoms with E-state index in [-0.39, 0.29) is 0 Å². The fourth-order valence-electron chi connectivity index (χ4n) is 4.60. The highest BCUT2D eigenvalue weighted by Gasteiger charge is 2.46. The first kappa shape index (κ1) is 16.6. The maximum Gasteiger partial charge on any atom is 0.261 e. The van der Waals surface area contributed by atoms with Crippen LogP contribution in [0.2, 0.25) is 0 Å². The molecule has 2 aliphatic rings. The molecular formula is C21H23N5O. The Morgan fingerprint density at radius 3 is 2.74 bits per heavy atom. The second-order valence-electron chi connectivity index (χ2n) is 7.42. The van der Waals surface area contributed by atoms with Crippen LogP contribution in [0, 0.1) is 0 Å². The van der Waals surface area contributed by atoms with Gasteiger partial charge in [0.1, 0.15) is 5.82 Å². The second-order valence-corrected chi connectivity index (χ2v) is 7.42. The van der Waals surface area contributed by atoms with Crippen molar-refractivity contribution in [2.45, 2.75) is 50.6 Å². The molecule has 0 unspecified atom stereocenters. The van der Waals surface area contributed by atoms with E-state index in [2.05, 4.69) is 50.4 Å². The molecule has 2 aromatic heterocycles. The van der Waals surface area contributed by atoms with Crippen LogP contribution < -0.4 is 0 Å². The Morgan fingerprint density at radius 1 is 1.15 bits per heavy atom. The molecule has 138 valence electrons. The van der Waals surface area contributed by atoms with Crippen LogP contribution in [-0.4, -0.2) is 37.6 Å². The van der Waals surface area contributed by atoms with Gasteiger partial charge < -0.3 is 4.52 Å². The SMILES string of the molecule is CCc1ncc(-c2nc([C@@H]3C[C@H](c4ccccc4)N4CCC[C@@H]34)no2)cn1. The maximum atomic E-state index is 5.57. The Morgan fingerprint density at radius 2 is 1.96 bits per heavy atom. The molecule has 6 nitrogen and oxygen atoms in total. The number of rotatable bonds is 4. The van der Waals surface area contributed by atoms with Gasteiger partial charge in [0.2, 0.25) is 0 Å². The van der Waals surface area contributed by atoms with Crippen LogP contribution in [0.25, 0.3) is 11.5 Å². The molecule has 2 fully saturated rings. The van der Waals surface area contributed by atoms with Gasteiger partial charge in [0, 0.05) is 36.8 Å². The van der Waals surface area contributed by atoms with Gasteiger partial charge in [-0.2, -0.15) is 4.98 Å². The van der Waals surface area contributed by atoms with Crippen molar-refractivity contribution < 1.29 is 4.52 Å². The number of hydrogen-bond acceptors (Lipinski definition) is 6. The van der Waals surface area contributed by atoms with Gasteiger partial charge >= 0.3 is 0 Å². The predicted octanol–water partition coefficient (Wildman–Crippen LogP) is 3.78. The molecule has 27 heavy (non-hydrogen) atoms. The van der Waals surface area contributed by atoms with Crippen molar-refractivity contribution in [3.63, 3.8) is 0 Å². The summed E-state index contributed by atoms with van der Waals surface area (Å²) in [4.78, 5) is 16.0. The first-order valence-electron chi connectivity index (χ1n) is 9.79. The molecule has 5 rings (SSSR count). The normalized spacial score (nSPS) is 25.0. The lowest BCUT2D eigenvalue weighted by Crippen LogP contribution is -2.27. The summed E-state index contributed by atoms with van der Waals surface area (Å²) in [6.45, 7) is 3.19. The van der Waals surface area contributed by atoms with Crippen LogP contribution >= 0.6 is 0 Å². The van der Waals surface area contributed by atoms with E-state index >= 15 is 0 Å². The lowest BCUT2D eigenvalue weighted by atomic mass is 9.94. The van der Waals surface area contributed by atoms with Crippen molar-refractivity contribution in [2.24, 2.45) is 0 Å². The van der Waals surface area contributed by atoms with Gasteiger partial charge in [-0.15, -0.1) is 0 Å². The van der Waals surface area contributed by atoms with Crippen molar-refractivity contribution in [3.05, 3.63) is 59.9 Å². The molecule has 0 saturated carbocycles. The highest BCUT2D eigenvalue weighted by Crippen LogP contribution is 2.48. The summed E-state index contributed by atoms with van der Waals surface area (Å²) in [6, 6.07) is 11.7. The Kier molecular flexibility index (Phi) is 4.20. The minimum Gasteiger partial charge on any atom is -0.334 e. The second kappa shape index (κ2) is 6.85. The molecule has 0 spiro atoms. The maximum absolute atomic E-state index is 5.57. The van der Waals surface area contributed by atoms with E-state index in [1.807, 2.05) is 6.92 Å². The summed E-state index contributed by atoms with van der Waals surface area (Å²) >= 11 is 0. The molecule has 2 saturated heterocycles. The fourth-order valence-corrected chi connectivity index (χ4v) is 4.60. The van der Waals surface area contributed by atoms with Gasteiger partial charge in [-0.3, -0.25) is 4.90 Å². The van der Waals surface area contributed by atoms with Crippen LogP contribution in [0.5, 0.6) is 0 Å². The summed E-state index contributed by atoms with van der Waals surface area (Å²) in [5.41, 5.74) is 2.17. The monoisotopic (exact) mass is 361 g/mol. The van der Waals surface area contributed by atoms with Crippen molar-refractivity contribution in [3.8, 4) is 11.5 Å². The van der Waals surface area contributed by atoms with E-state index in [0.717, 1.165) is 36.6 Å². The number of nitrogens with zero attached hydrogens (tertiary/aromatic N) is 5. The summed E-state index contributed by atoms with van der Waals surface area (Å²) < 4.78 is 5.57. The third-order valence-electron chi connectivity index (χ3n) is 5.91. The first-order valence-corrected chi connectivity index (χ1v) is 9.79. The quantitative estimate of drug-likeness (QED) is 0.704. The molecule has 1 aromatic carbocycles. The van der Waals surface area contributed by atoms with Crippen molar-refractivity contribution in [2.75, 3.05) is 6.54 Å². The van der Waals surface area contributed by atoms with E-state index in [4.69, 9.17) is 9.51 Å². The summed E-state index contributed by atoms with van der Waals surface area (Å²) in [7, 11) is 0. The van der Waals surface area contributed by atoms with Gasteiger partial charge in [-0.1, -0.05) is 42.4 Å². The largest absolute Gasteiger partial charge is 0.334 e. The summed E-state index contributed by atoms with van der Waals surface area (Å²) in [5, 5.41) is 4.34. The minimum atomic E-state index is 0.311. The molecule has 3 atom stereocenters. The van der Waals surface area contributed by atoms with Crippen LogP contribution in [0.3, 0.4) is 0 Å². The molecule has 2 aliphatic heterocycles. The zero-order valence-electron chi connectivity index (χ0n) is 15.5. The van der Waals surface area contributed by atoms with Gasteiger partial charge in [0.25, 0.3) is 5.89 Å². The lowest BCUT2D eigenvalue weighted by Gasteiger charge is -2.24. The average molecular weight is 361 g/mol. The van der Waals surface area contributed by atoms with E-state index in [9.17, 15) is 0 Å².